The van der Waals surface area contributed by atoms with Crippen LogP contribution in [-0.4, -0.2) is 17.7 Å². The summed E-state index contributed by atoms with van der Waals surface area (Å²) < 4.78 is 5.04. The second kappa shape index (κ2) is 9.16. The molecule has 0 bridgehead atoms. The molecule has 3 nitrogen and oxygen atoms in total. The third kappa shape index (κ3) is 7.81. The number of carbonyl (C=O) groups is 1. The van der Waals surface area contributed by atoms with Crippen LogP contribution in [0, 0.1) is 10.8 Å². The minimum Gasteiger partial charge on any atom is -0.507 e. The monoisotopic (exact) mass is 416 g/mol. The Hall–Kier alpha value is -1.77. The zero-order chi connectivity index (χ0) is 23.5. The first kappa shape index (κ1) is 26.3. The Balaban J connectivity index is 3.64. The SMILES string of the molecule is CCOC(=O)/C=C/c1cc(C(C)(C)CC(C)(C)C)c(O)c(C(C)(C)CC(C)(C)C)c1. The molecule has 0 spiro atoms. The van der Waals surface area contributed by atoms with E-state index in [1.54, 1.807) is 13.0 Å². The lowest BCUT2D eigenvalue weighted by Gasteiger charge is -2.37. The Morgan fingerprint density at radius 1 is 0.867 bits per heavy atom. The van der Waals surface area contributed by atoms with Crippen molar-refractivity contribution in [3.8, 4) is 5.75 Å². The van der Waals surface area contributed by atoms with Gasteiger partial charge in [-0.1, -0.05) is 69.2 Å². The number of hydrogen-bond acceptors (Lipinski definition) is 3. The van der Waals surface area contributed by atoms with Crippen LogP contribution in [0.3, 0.4) is 0 Å². The number of rotatable bonds is 7. The number of ether oxygens (including phenoxy) is 1. The molecule has 0 amide bonds. The molecule has 0 heterocycles. The number of carbonyl (C=O) groups excluding carboxylic acids is 1. The molecule has 0 unspecified atom stereocenters. The minimum absolute atomic E-state index is 0.119. The summed E-state index contributed by atoms with van der Waals surface area (Å²) in [6, 6.07) is 4.04. The molecule has 3 heteroatoms. The van der Waals surface area contributed by atoms with E-state index >= 15 is 0 Å². The Morgan fingerprint density at radius 3 is 1.60 bits per heavy atom. The summed E-state index contributed by atoms with van der Waals surface area (Å²) in [6.07, 6.45) is 5.12. The van der Waals surface area contributed by atoms with Crippen molar-refractivity contribution in [2.45, 2.75) is 99.8 Å². The summed E-state index contributed by atoms with van der Waals surface area (Å²) in [5, 5.41) is 11.4. The van der Waals surface area contributed by atoms with E-state index < -0.39 is 0 Å². The average Bonchev–Trinajstić information content (AvgIpc) is 2.49. The smallest absolute Gasteiger partial charge is 0.330 e. The zero-order valence-corrected chi connectivity index (χ0v) is 21.2. The van der Waals surface area contributed by atoms with E-state index in [1.165, 1.54) is 6.08 Å². The standard InChI is InChI=1S/C27H44O3/c1-12-30-22(28)14-13-19-15-20(26(8,9)17-24(2,3)4)23(29)21(16-19)27(10,11)18-25(5,6)7/h13-16,29H,12,17-18H2,1-11H3/b14-13+. The highest BCUT2D eigenvalue weighted by Gasteiger charge is 2.35. The quantitative estimate of drug-likeness (QED) is 0.372. The predicted molar refractivity (Wildman–Crippen MR) is 128 cm³/mol. The van der Waals surface area contributed by atoms with E-state index in [0.29, 0.717) is 12.4 Å². The van der Waals surface area contributed by atoms with Crippen LogP contribution < -0.4 is 0 Å². The molecular formula is C27H44O3. The van der Waals surface area contributed by atoms with Gasteiger partial charge in [0.1, 0.15) is 5.75 Å². The molecule has 1 aromatic carbocycles. The van der Waals surface area contributed by atoms with Gasteiger partial charge in [-0.05, 0) is 65.2 Å². The maximum atomic E-state index is 11.9. The highest BCUT2D eigenvalue weighted by molar-refractivity contribution is 5.87. The highest BCUT2D eigenvalue weighted by atomic mass is 16.5. The van der Waals surface area contributed by atoms with Crippen LogP contribution in [0.1, 0.15) is 106 Å². The van der Waals surface area contributed by atoms with Gasteiger partial charge in [0.15, 0.2) is 0 Å². The van der Waals surface area contributed by atoms with Crippen molar-refractivity contribution in [2.24, 2.45) is 10.8 Å². The van der Waals surface area contributed by atoms with Gasteiger partial charge in [-0.15, -0.1) is 0 Å². The van der Waals surface area contributed by atoms with E-state index in [2.05, 4.69) is 69.2 Å². The number of phenolic OH excluding ortho intramolecular Hbond substituents is 1. The normalized spacial score (nSPS) is 13.7. The molecule has 170 valence electrons. The van der Waals surface area contributed by atoms with Crippen molar-refractivity contribution in [1.82, 2.24) is 0 Å². The maximum Gasteiger partial charge on any atom is 0.330 e. The Labute approximate surface area is 184 Å². The zero-order valence-electron chi connectivity index (χ0n) is 21.2. The fraction of sp³-hybridized carbons (Fsp3) is 0.667. The Morgan fingerprint density at radius 2 is 1.27 bits per heavy atom. The van der Waals surface area contributed by atoms with Crippen LogP contribution >= 0.6 is 0 Å². The summed E-state index contributed by atoms with van der Waals surface area (Å²) in [6.45, 7) is 24.2. The van der Waals surface area contributed by atoms with E-state index in [0.717, 1.165) is 29.5 Å². The van der Waals surface area contributed by atoms with Crippen LogP contribution in [0.25, 0.3) is 6.08 Å². The van der Waals surface area contributed by atoms with Crippen LogP contribution in [0.15, 0.2) is 18.2 Å². The van der Waals surface area contributed by atoms with Crippen LogP contribution in [-0.2, 0) is 20.4 Å². The Kier molecular flexibility index (Phi) is 8.02. The number of benzene rings is 1. The van der Waals surface area contributed by atoms with Gasteiger partial charge in [-0.3, -0.25) is 0 Å². The minimum atomic E-state index is -0.350. The van der Waals surface area contributed by atoms with Crippen molar-refractivity contribution in [3.05, 3.63) is 34.9 Å². The first-order chi connectivity index (χ1) is 13.4. The van der Waals surface area contributed by atoms with E-state index in [1.807, 2.05) is 12.1 Å². The van der Waals surface area contributed by atoms with Crippen LogP contribution in [0.4, 0.5) is 0 Å². The van der Waals surface area contributed by atoms with Gasteiger partial charge in [0.25, 0.3) is 0 Å². The summed E-state index contributed by atoms with van der Waals surface area (Å²) in [5.74, 6) is 0.0309. The van der Waals surface area contributed by atoms with Crippen LogP contribution in [0.5, 0.6) is 5.75 Å². The molecule has 0 aromatic heterocycles. The van der Waals surface area contributed by atoms with Crippen molar-refractivity contribution in [2.75, 3.05) is 6.61 Å². The van der Waals surface area contributed by atoms with Gasteiger partial charge in [0.2, 0.25) is 0 Å². The molecule has 1 aromatic rings. The molecule has 0 saturated carbocycles. The fourth-order valence-corrected chi connectivity index (χ4v) is 4.98. The molecule has 1 rings (SSSR count). The third-order valence-electron chi connectivity index (χ3n) is 5.23. The maximum absolute atomic E-state index is 11.9. The molecule has 0 fully saturated rings. The predicted octanol–water partition coefficient (Wildman–Crippen LogP) is 7.40. The summed E-state index contributed by atoms with van der Waals surface area (Å²) in [5.41, 5.74) is 2.57. The number of esters is 1. The van der Waals surface area contributed by atoms with Gasteiger partial charge in [-0.25, -0.2) is 4.79 Å². The first-order valence-electron chi connectivity index (χ1n) is 11.1. The van der Waals surface area contributed by atoms with Crippen molar-refractivity contribution in [3.63, 3.8) is 0 Å². The summed E-state index contributed by atoms with van der Waals surface area (Å²) >= 11 is 0. The molecule has 0 aliphatic carbocycles. The molecule has 0 aliphatic rings. The topological polar surface area (TPSA) is 46.5 Å². The van der Waals surface area contributed by atoms with Crippen LogP contribution in [0.2, 0.25) is 0 Å². The first-order valence-corrected chi connectivity index (χ1v) is 11.1. The summed E-state index contributed by atoms with van der Waals surface area (Å²) in [7, 11) is 0. The largest absolute Gasteiger partial charge is 0.507 e. The lowest BCUT2D eigenvalue weighted by atomic mass is 9.68. The molecule has 30 heavy (non-hydrogen) atoms. The van der Waals surface area contributed by atoms with E-state index in [-0.39, 0.29) is 27.6 Å². The molecule has 1 N–H and O–H groups in total. The van der Waals surface area contributed by atoms with Gasteiger partial charge < -0.3 is 9.84 Å². The van der Waals surface area contributed by atoms with Crippen molar-refractivity contribution < 1.29 is 14.6 Å². The number of hydrogen-bond donors (Lipinski definition) is 1. The number of phenols is 1. The fourth-order valence-electron chi connectivity index (χ4n) is 4.98. The van der Waals surface area contributed by atoms with Gasteiger partial charge >= 0.3 is 5.97 Å². The average molecular weight is 417 g/mol. The molecule has 0 radical (unpaired) electrons. The lowest BCUT2D eigenvalue weighted by molar-refractivity contribution is -0.137. The second-order valence-electron chi connectivity index (χ2n) is 12.3. The van der Waals surface area contributed by atoms with E-state index in [4.69, 9.17) is 4.74 Å². The van der Waals surface area contributed by atoms with Gasteiger partial charge in [0.05, 0.1) is 6.61 Å². The molecule has 0 atom stereocenters. The van der Waals surface area contributed by atoms with Crippen molar-refractivity contribution >= 4 is 12.0 Å². The molecule has 0 saturated heterocycles. The van der Waals surface area contributed by atoms with Gasteiger partial charge in [-0.2, -0.15) is 0 Å². The molecule has 0 aliphatic heterocycles. The Bertz CT molecular complexity index is 719. The van der Waals surface area contributed by atoms with Crippen molar-refractivity contribution in [1.29, 1.82) is 0 Å². The highest BCUT2D eigenvalue weighted by Crippen LogP contribution is 2.47. The summed E-state index contributed by atoms with van der Waals surface area (Å²) in [4.78, 5) is 11.9. The third-order valence-corrected chi connectivity index (χ3v) is 5.23. The molecular weight excluding hydrogens is 372 g/mol. The lowest BCUT2D eigenvalue weighted by Crippen LogP contribution is -2.28. The van der Waals surface area contributed by atoms with E-state index in [9.17, 15) is 9.90 Å². The van der Waals surface area contributed by atoms with Gasteiger partial charge in [0, 0.05) is 17.2 Å². The number of aromatic hydroxyl groups is 1. The second-order valence-corrected chi connectivity index (χ2v) is 12.3.